The zero-order valence-corrected chi connectivity index (χ0v) is 30.8. The summed E-state index contributed by atoms with van der Waals surface area (Å²) < 4.78 is 4.38. The quantitative estimate of drug-likeness (QED) is 0.165. The van der Waals surface area contributed by atoms with Crippen molar-refractivity contribution in [1.82, 2.24) is 9.13 Å². The van der Waals surface area contributed by atoms with Crippen LogP contribution >= 0.6 is 0 Å². The van der Waals surface area contributed by atoms with Gasteiger partial charge in [-0.25, -0.2) is 4.85 Å². The maximum absolute atomic E-state index is 11.4. The average molecular weight is 737 g/mol. The lowest BCUT2D eigenvalue weighted by Crippen LogP contribution is -2.05. The second kappa shape index (κ2) is 13.6. The van der Waals surface area contributed by atoms with E-state index in [1.165, 1.54) is 0 Å². The molecule has 58 heavy (non-hydrogen) atoms. The van der Waals surface area contributed by atoms with E-state index in [0.717, 1.165) is 77.0 Å². The summed E-state index contributed by atoms with van der Waals surface area (Å²) in [7, 11) is 0. The molecular formula is C52H28N6. The average Bonchev–Trinajstić information content (AvgIpc) is 3.80. The maximum Gasteiger partial charge on any atom is 0.187 e. The van der Waals surface area contributed by atoms with Crippen LogP contribution in [-0.4, -0.2) is 9.13 Å². The van der Waals surface area contributed by atoms with E-state index >= 15 is 0 Å². The first-order chi connectivity index (χ1) is 28.6. The molecule has 0 amide bonds. The SMILES string of the molecule is [C-]#[N+]c1ccc(-c2ccc3c4ccccc4n(-c4cc(-c5cccc(C#N)c5)cc(-n5c6ccccc6c6ccc(-c7ccc(C#N)cc7)cc65)c4C#N)c3c2)cc1. The van der Waals surface area contributed by atoms with E-state index < -0.39 is 0 Å². The van der Waals surface area contributed by atoms with Crippen LogP contribution in [0, 0.1) is 40.6 Å². The lowest BCUT2D eigenvalue weighted by Gasteiger charge is -2.19. The summed E-state index contributed by atoms with van der Waals surface area (Å²) in [5.74, 6) is 0. The van der Waals surface area contributed by atoms with Crippen molar-refractivity contribution in [3.05, 3.63) is 198 Å². The molecule has 2 aromatic heterocycles. The summed E-state index contributed by atoms with van der Waals surface area (Å²) >= 11 is 0. The molecule has 2 heterocycles. The number of hydrogen-bond acceptors (Lipinski definition) is 3. The van der Waals surface area contributed by atoms with E-state index in [-0.39, 0.29) is 0 Å². The summed E-state index contributed by atoms with van der Waals surface area (Å²) in [6.07, 6.45) is 0. The van der Waals surface area contributed by atoms with E-state index in [9.17, 15) is 15.8 Å². The Morgan fingerprint density at radius 1 is 0.379 bits per heavy atom. The third-order valence-electron chi connectivity index (χ3n) is 11.0. The summed E-state index contributed by atoms with van der Waals surface area (Å²) in [6.45, 7) is 7.44. The molecule has 0 bridgehead atoms. The monoisotopic (exact) mass is 736 g/mol. The van der Waals surface area contributed by atoms with Crippen LogP contribution in [0.25, 0.3) is 93.2 Å². The summed E-state index contributed by atoms with van der Waals surface area (Å²) in [5, 5.41) is 35.0. The smallest absolute Gasteiger partial charge is 0.187 e. The van der Waals surface area contributed by atoms with Crippen LogP contribution < -0.4 is 0 Å². The number of para-hydroxylation sites is 2. The number of aromatic nitrogens is 2. The molecule has 6 heteroatoms. The van der Waals surface area contributed by atoms with Crippen LogP contribution in [-0.2, 0) is 0 Å². The topological polar surface area (TPSA) is 85.6 Å². The molecule has 0 aliphatic heterocycles. The highest BCUT2D eigenvalue weighted by Crippen LogP contribution is 2.42. The molecule has 266 valence electrons. The Kier molecular flexibility index (Phi) is 7.92. The van der Waals surface area contributed by atoms with E-state index in [2.05, 4.69) is 105 Å². The number of nitrogens with zero attached hydrogens (tertiary/aromatic N) is 6. The van der Waals surface area contributed by atoms with Gasteiger partial charge in [-0.1, -0.05) is 109 Å². The minimum absolute atomic E-state index is 0.487. The highest BCUT2D eigenvalue weighted by atomic mass is 15.0. The molecule has 0 N–H and O–H groups in total. The van der Waals surface area contributed by atoms with Gasteiger partial charge >= 0.3 is 0 Å². The van der Waals surface area contributed by atoms with Gasteiger partial charge in [-0.05, 0) is 94.0 Å². The first-order valence-corrected chi connectivity index (χ1v) is 18.7. The lowest BCUT2D eigenvalue weighted by molar-refractivity contribution is 1.12. The van der Waals surface area contributed by atoms with Crippen molar-refractivity contribution >= 4 is 49.3 Å². The van der Waals surface area contributed by atoms with Crippen molar-refractivity contribution in [2.75, 3.05) is 0 Å². The zero-order chi connectivity index (χ0) is 39.3. The van der Waals surface area contributed by atoms with Gasteiger partial charge in [0.15, 0.2) is 5.69 Å². The van der Waals surface area contributed by atoms with Gasteiger partial charge in [0, 0.05) is 21.5 Å². The highest BCUT2D eigenvalue weighted by molar-refractivity contribution is 6.12. The van der Waals surface area contributed by atoms with Gasteiger partial charge in [0.2, 0.25) is 0 Å². The molecule has 0 radical (unpaired) electrons. The van der Waals surface area contributed by atoms with Crippen LogP contribution in [0.3, 0.4) is 0 Å². The van der Waals surface area contributed by atoms with Crippen LogP contribution in [0.4, 0.5) is 5.69 Å². The van der Waals surface area contributed by atoms with E-state index in [0.29, 0.717) is 33.8 Å². The van der Waals surface area contributed by atoms with Crippen molar-refractivity contribution in [1.29, 1.82) is 15.8 Å². The molecule has 0 unspecified atom stereocenters. The minimum atomic E-state index is 0.487. The zero-order valence-electron chi connectivity index (χ0n) is 30.8. The first-order valence-electron chi connectivity index (χ1n) is 18.7. The Bertz CT molecular complexity index is 3290. The van der Waals surface area contributed by atoms with Gasteiger partial charge in [0.05, 0.1) is 63.3 Å². The number of rotatable bonds is 5. The van der Waals surface area contributed by atoms with Gasteiger partial charge in [0.25, 0.3) is 0 Å². The summed E-state index contributed by atoms with van der Waals surface area (Å²) in [5.41, 5.74) is 13.0. The van der Waals surface area contributed by atoms with Gasteiger partial charge < -0.3 is 9.13 Å². The fraction of sp³-hybridized carbons (Fsp3) is 0. The predicted octanol–water partition coefficient (Wildman–Crippen LogP) is 13.0. The maximum atomic E-state index is 11.4. The van der Waals surface area contributed by atoms with Gasteiger partial charge in [-0.3, -0.25) is 0 Å². The third kappa shape index (κ3) is 5.38. The largest absolute Gasteiger partial charge is 0.308 e. The number of fused-ring (bicyclic) bond motifs is 6. The Morgan fingerprint density at radius 2 is 0.862 bits per heavy atom. The van der Waals surface area contributed by atoms with Gasteiger partial charge in [-0.15, -0.1) is 0 Å². The fourth-order valence-corrected chi connectivity index (χ4v) is 8.30. The fourth-order valence-electron chi connectivity index (χ4n) is 8.30. The Labute approximate surface area is 334 Å². The Hall–Kier alpha value is -8.68. The molecule has 0 aliphatic carbocycles. The van der Waals surface area contributed by atoms with Crippen molar-refractivity contribution < 1.29 is 0 Å². The molecule has 0 fully saturated rings. The first kappa shape index (κ1) is 33.9. The van der Waals surface area contributed by atoms with E-state index in [1.807, 2.05) is 91.0 Å². The van der Waals surface area contributed by atoms with Crippen LogP contribution in [0.1, 0.15) is 16.7 Å². The number of benzene rings is 8. The summed E-state index contributed by atoms with van der Waals surface area (Å²) in [6, 6.07) is 63.4. The number of nitriles is 3. The molecule has 10 aromatic rings. The third-order valence-corrected chi connectivity index (χ3v) is 11.0. The van der Waals surface area contributed by atoms with Crippen LogP contribution in [0.5, 0.6) is 0 Å². The molecule has 0 atom stereocenters. The minimum Gasteiger partial charge on any atom is -0.308 e. The van der Waals surface area contributed by atoms with Crippen molar-refractivity contribution in [2.24, 2.45) is 0 Å². The van der Waals surface area contributed by atoms with Crippen molar-refractivity contribution in [2.45, 2.75) is 0 Å². The highest BCUT2D eigenvalue weighted by Gasteiger charge is 2.23. The van der Waals surface area contributed by atoms with E-state index in [1.54, 1.807) is 6.07 Å². The second-order valence-electron chi connectivity index (χ2n) is 14.2. The molecule has 0 spiro atoms. The summed E-state index contributed by atoms with van der Waals surface area (Å²) in [4.78, 5) is 3.58. The van der Waals surface area contributed by atoms with Gasteiger partial charge in [-0.2, -0.15) is 15.8 Å². The molecule has 0 saturated carbocycles. The Balaban J connectivity index is 1.32. The van der Waals surface area contributed by atoms with Crippen LogP contribution in [0.15, 0.2) is 170 Å². The molecular weight excluding hydrogens is 709 g/mol. The normalized spacial score (nSPS) is 11.0. The number of hydrogen-bond donors (Lipinski definition) is 0. The lowest BCUT2D eigenvalue weighted by atomic mass is 9.98. The van der Waals surface area contributed by atoms with E-state index in [4.69, 9.17) is 6.57 Å². The van der Waals surface area contributed by atoms with Crippen LogP contribution in [0.2, 0.25) is 0 Å². The molecule has 8 aromatic carbocycles. The van der Waals surface area contributed by atoms with Crippen molar-refractivity contribution in [3.63, 3.8) is 0 Å². The molecule has 6 nitrogen and oxygen atoms in total. The predicted molar refractivity (Wildman–Crippen MR) is 232 cm³/mol. The van der Waals surface area contributed by atoms with Gasteiger partial charge in [0.1, 0.15) is 11.6 Å². The molecule has 0 saturated heterocycles. The second-order valence-corrected chi connectivity index (χ2v) is 14.2. The standard InChI is InChI=1S/C52H28N6/c1-56-41-21-17-36(18-22-41)39-20-24-45-43-10-3-5-12-48(43)58(50(45)27-39)52-29-40(37-8-6-7-34(25-37)31-54)28-51(46(52)32-55)57-47-11-4-2-9-42(47)44-23-19-38(26-49(44)57)35-15-13-33(30-53)14-16-35/h2-29H. The molecule has 0 aliphatic rings. The van der Waals surface area contributed by atoms with Crippen molar-refractivity contribution in [3.8, 4) is 63.0 Å². The molecule has 10 rings (SSSR count). The Morgan fingerprint density at radius 3 is 1.38 bits per heavy atom.